The van der Waals surface area contributed by atoms with Crippen molar-refractivity contribution in [3.63, 3.8) is 0 Å². The summed E-state index contributed by atoms with van der Waals surface area (Å²) in [6.07, 6.45) is 2.48. The number of nitrogens with one attached hydrogen (secondary N) is 3. The predicted octanol–water partition coefficient (Wildman–Crippen LogP) is 1.57. The first kappa shape index (κ1) is 33.2. The third-order valence-corrected chi connectivity index (χ3v) is 8.85. The van der Waals surface area contributed by atoms with E-state index in [0.717, 1.165) is 24.3 Å². The summed E-state index contributed by atoms with van der Waals surface area (Å²) in [5, 5.41) is 12.4. The second-order valence-electron chi connectivity index (χ2n) is 10.5. The lowest BCUT2D eigenvalue weighted by molar-refractivity contribution is -0.150. The average Bonchev–Trinajstić information content (AvgIpc) is 3.79. The van der Waals surface area contributed by atoms with Crippen LogP contribution in [0.3, 0.4) is 0 Å². The quantitative estimate of drug-likeness (QED) is 0.157. The van der Waals surface area contributed by atoms with Crippen molar-refractivity contribution < 1.29 is 27.5 Å². The van der Waals surface area contributed by atoms with Crippen LogP contribution in [0.25, 0.3) is 10.8 Å². The van der Waals surface area contributed by atoms with Crippen LogP contribution in [0, 0.1) is 11.3 Å². The molecule has 1 aliphatic carbocycles. The highest BCUT2D eigenvalue weighted by atomic mass is 35.5. The van der Waals surface area contributed by atoms with Gasteiger partial charge in [-0.2, -0.15) is 4.72 Å². The Morgan fingerprint density at radius 1 is 1.14 bits per heavy atom. The maximum Gasteiger partial charge on any atom is 0.325 e. The molecule has 1 aliphatic heterocycles. The number of sulfonamides is 1. The summed E-state index contributed by atoms with van der Waals surface area (Å²) in [4.78, 5) is 42.1. The number of esters is 1. The topological polar surface area (TPSA) is 175 Å². The number of carbonyl (C=O) groups excluding carboxylic acids is 3. The molecule has 2 fully saturated rings. The number of nitrogens with two attached hydrogens (primary N) is 1. The molecule has 14 heteroatoms. The fraction of sp³-hybridized carbons (Fsp3) is 0.500. The van der Waals surface area contributed by atoms with Crippen molar-refractivity contribution in [2.45, 2.75) is 56.0 Å². The van der Waals surface area contributed by atoms with E-state index in [9.17, 15) is 22.8 Å². The summed E-state index contributed by atoms with van der Waals surface area (Å²) in [5.74, 6) is -2.40. The SMILES string of the molecule is CCOC(=O)CN(C(=O)[C@H](CC(=O)N(C[C@H]1CCCNC1)C(=N)N)NS(=O)(=O)c1cccc2ccccc12)C1CC1.Cl. The van der Waals surface area contributed by atoms with Gasteiger partial charge in [-0.1, -0.05) is 36.4 Å². The van der Waals surface area contributed by atoms with E-state index in [1.54, 1.807) is 43.3 Å². The number of rotatable bonds is 12. The van der Waals surface area contributed by atoms with Gasteiger partial charge in [-0.05, 0) is 63.1 Å². The zero-order chi connectivity index (χ0) is 29.6. The lowest BCUT2D eigenvalue weighted by Crippen LogP contribution is -2.54. The fourth-order valence-electron chi connectivity index (χ4n) is 5.14. The third-order valence-electron chi connectivity index (χ3n) is 7.32. The maximum absolute atomic E-state index is 13.9. The van der Waals surface area contributed by atoms with E-state index in [4.69, 9.17) is 15.9 Å². The minimum atomic E-state index is -4.31. The molecule has 42 heavy (non-hydrogen) atoms. The van der Waals surface area contributed by atoms with Gasteiger partial charge in [0.2, 0.25) is 21.8 Å². The monoisotopic (exact) mass is 622 g/mol. The van der Waals surface area contributed by atoms with Crippen LogP contribution in [0.5, 0.6) is 0 Å². The summed E-state index contributed by atoms with van der Waals surface area (Å²) in [6.45, 7) is 3.12. The molecular weight excluding hydrogens is 584 g/mol. The molecule has 0 unspecified atom stereocenters. The highest BCUT2D eigenvalue weighted by Crippen LogP contribution is 2.29. The number of guanidine groups is 1. The van der Waals surface area contributed by atoms with Crippen LogP contribution in [0.4, 0.5) is 0 Å². The predicted molar refractivity (Wildman–Crippen MR) is 161 cm³/mol. The molecule has 2 aliphatic rings. The Morgan fingerprint density at radius 2 is 1.86 bits per heavy atom. The number of amides is 2. The van der Waals surface area contributed by atoms with Crippen LogP contribution in [0.15, 0.2) is 47.4 Å². The Labute approximate surface area is 252 Å². The van der Waals surface area contributed by atoms with Crippen molar-refractivity contribution in [1.82, 2.24) is 19.8 Å². The zero-order valence-corrected chi connectivity index (χ0v) is 25.2. The Hall–Kier alpha value is -3.26. The Morgan fingerprint density at radius 3 is 2.50 bits per heavy atom. The molecule has 2 amide bonds. The van der Waals surface area contributed by atoms with Gasteiger partial charge in [0.25, 0.3) is 0 Å². The van der Waals surface area contributed by atoms with Gasteiger partial charge >= 0.3 is 5.97 Å². The molecule has 230 valence electrons. The van der Waals surface area contributed by atoms with Gasteiger partial charge in [-0.25, -0.2) is 8.42 Å². The molecule has 2 atom stereocenters. The smallest absolute Gasteiger partial charge is 0.325 e. The number of hydrogen-bond acceptors (Lipinski definition) is 8. The summed E-state index contributed by atoms with van der Waals surface area (Å²) < 4.78 is 34.9. The zero-order valence-electron chi connectivity index (χ0n) is 23.6. The van der Waals surface area contributed by atoms with Crippen LogP contribution < -0.4 is 15.8 Å². The van der Waals surface area contributed by atoms with Gasteiger partial charge in [0.15, 0.2) is 5.96 Å². The van der Waals surface area contributed by atoms with Crippen LogP contribution in [-0.2, 0) is 29.1 Å². The number of fused-ring (bicyclic) bond motifs is 1. The number of nitrogens with zero attached hydrogens (tertiary/aromatic N) is 2. The molecule has 1 heterocycles. The summed E-state index contributed by atoms with van der Waals surface area (Å²) in [5.41, 5.74) is 5.78. The number of carbonyl (C=O) groups is 3. The van der Waals surface area contributed by atoms with E-state index >= 15 is 0 Å². The number of ether oxygens (including phenoxy) is 1. The minimum Gasteiger partial charge on any atom is -0.465 e. The van der Waals surface area contributed by atoms with E-state index in [0.29, 0.717) is 30.2 Å². The normalized spacial score (nSPS) is 17.5. The maximum atomic E-state index is 13.9. The van der Waals surface area contributed by atoms with E-state index in [-0.39, 0.29) is 49.0 Å². The standard InChI is InChI=1S/C28H38N6O6S.ClH/c1-2-40-26(36)18-33(21-12-13-21)27(37)23(15-25(35)34(28(29)30)17-19-7-6-14-31-16-19)32-41(38,39)24-11-5-9-20-8-3-4-10-22(20)24;/h3-5,8-11,19,21,23,31-32H,2,6-7,12-18H2,1H3,(H3,29,30);1H/t19-,23-;/m0./s1. The fourth-order valence-corrected chi connectivity index (χ4v) is 6.56. The molecule has 0 aromatic heterocycles. The van der Waals surface area contributed by atoms with Gasteiger partial charge in [-0.3, -0.25) is 24.7 Å². The molecular formula is C28H39ClN6O6S. The van der Waals surface area contributed by atoms with Crippen molar-refractivity contribution in [3.8, 4) is 0 Å². The van der Waals surface area contributed by atoms with Gasteiger partial charge in [0.05, 0.1) is 17.9 Å². The molecule has 0 bridgehead atoms. The first-order valence-electron chi connectivity index (χ1n) is 13.9. The van der Waals surface area contributed by atoms with Gasteiger partial charge in [0, 0.05) is 18.0 Å². The molecule has 0 radical (unpaired) electrons. The van der Waals surface area contributed by atoms with E-state index < -0.39 is 46.2 Å². The second-order valence-corrected chi connectivity index (χ2v) is 12.1. The highest BCUT2D eigenvalue weighted by Gasteiger charge is 2.40. The van der Waals surface area contributed by atoms with E-state index in [1.165, 1.54) is 11.0 Å². The third kappa shape index (κ3) is 8.40. The van der Waals surface area contributed by atoms with Crippen molar-refractivity contribution in [1.29, 1.82) is 5.41 Å². The van der Waals surface area contributed by atoms with Crippen molar-refractivity contribution in [2.75, 3.05) is 32.8 Å². The van der Waals surface area contributed by atoms with Gasteiger partial charge < -0.3 is 20.7 Å². The number of hydrogen-bond donors (Lipinski definition) is 4. The van der Waals surface area contributed by atoms with Gasteiger partial charge in [-0.15, -0.1) is 12.4 Å². The lowest BCUT2D eigenvalue weighted by Gasteiger charge is -2.31. The van der Waals surface area contributed by atoms with Crippen molar-refractivity contribution in [2.24, 2.45) is 11.7 Å². The second kappa shape index (κ2) is 14.8. The summed E-state index contributed by atoms with van der Waals surface area (Å²) in [6, 6.07) is 9.97. The molecule has 1 saturated heterocycles. The highest BCUT2D eigenvalue weighted by molar-refractivity contribution is 7.89. The summed E-state index contributed by atoms with van der Waals surface area (Å²) in [7, 11) is -4.31. The average molecular weight is 623 g/mol. The van der Waals surface area contributed by atoms with Crippen molar-refractivity contribution in [3.05, 3.63) is 42.5 Å². The lowest BCUT2D eigenvalue weighted by atomic mass is 9.99. The summed E-state index contributed by atoms with van der Waals surface area (Å²) >= 11 is 0. The van der Waals surface area contributed by atoms with Crippen LogP contribution in [0.1, 0.15) is 39.0 Å². The first-order chi connectivity index (χ1) is 19.6. The minimum absolute atomic E-state index is 0. The Kier molecular flexibility index (Phi) is 11.7. The molecule has 0 spiro atoms. The van der Waals surface area contributed by atoms with Crippen LogP contribution >= 0.6 is 12.4 Å². The molecule has 1 saturated carbocycles. The Balaban J connectivity index is 0.00000484. The van der Waals surface area contributed by atoms with E-state index in [1.807, 2.05) is 0 Å². The van der Waals surface area contributed by atoms with E-state index in [2.05, 4.69) is 10.0 Å². The largest absolute Gasteiger partial charge is 0.465 e. The molecule has 4 rings (SSSR count). The van der Waals surface area contributed by atoms with Crippen LogP contribution in [0.2, 0.25) is 0 Å². The first-order valence-corrected chi connectivity index (χ1v) is 15.4. The molecule has 2 aromatic carbocycles. The number of halogens is 1. The molecule has 2 aromatic rings. The molecule has 12 nitrogen and oxygen atoms in total. The Bertz CT molecular complexity index is 1390. The van der Waals surface area contributed by atoms with Crippen molar-refractivity contribution >= 4 is 56.9 Å². The van der Waals surface area contributed by atoms with Gasteiger partial charge in [0.1, 0.15) is 12.6 Å². The number of benzene rings is 2. The number of piperidine rings is 1. The molecule has 5 N–H and O–H groups in total. The van der Waals surface area contributed by atoms with Crippen LogP contribution in [-0.4, -0.2) is 86.8 Å².